The van der Waals surface area contributed by atoms with Crippen LogP contribution < -0.4 is 4.74 Å². The number of nitrogens with zero attached hydrogens (tertiary/aromatic N) is 2. The number of hydrogen-bond acceptors (Lipinski definition) is 4. The Hall–Kier alpha value is -1.65. The van der Waals surface area contributed by atoms with Crippen LogP contribution in [0.25, 0.3) is 0 Å². The van der Waals surface area contributed by atoms with Crippen molar-refractivity contribution < 1.29 is 14.6 Å². The number of carbonyl (C=O) groups is 1. The third-order valence-corrected chi connectivity index (χ3v) is 2.35. The molecular weight excluding hydrogens is 232 g/mol. The van der Waals surface area contributed by atoms with E-state index in [9.17, 15) is 4.79 Å². The molecule has 0 unspecified atom stereocenters. The van der Waals surface area contributed by atoms with Crippen molar-refractivity contribution in [3.63, 3.8) is 0 Å². The molecule has 0 aromatic carbocycles. The first-order valence-electron chi connectivity index (χ1n) is 5.94. The summed E-state index contributed by atoms with van der Waals surface area (Å²) in [5, 5.41) is 8.61. The Balaban J connectivity index is 3.10. The van der Waals surface area contributed by atoms with Crippen LogP contribution in [0.5, 0.6) is 5.88 Å². The quantitative estimate of drug-likeness (QED) is 0.890. The molecule has 5 heteroatoms. The molecule has 0 spiro atoms. The first-order valence-corrected chi connectivity index (χ1v) is 5.94. The molecule has 0 saturated carbocycles. The van der Waals surface area contributed by atoms with Crippen molar-refractivity contribution in [3.8, 4) is 5.88 Å². The summed E-state index contributed by atoms with van der Waals surface area (Å²) in [4.78, 5) is 19.2. The number of aliphatic carboxylic acids is 1. The van der Waals surface area contributed by atoms with Crippen molar-refractivity contribution in [2.24, 2.45) is 0 Å². The van der Waals surface area contributed by atoms with Crippen molar-refractivity contribution in [2.45, 2.75) is 46.0 Å². The Morgan fingerprint density at radius 3 is 2.44 bits per heavy atom. The molecule has 1 aromatic heterocycles. The van der Waals surface area contributed by atoms with Crippen molar-refractivity contribution in [1.29, 1.82) is 0 Å². The summed E-state index contributed by atoms with van der Waals surface area (Å²) in [7, 11) is 0. The van der Waals surface area contributed by atoms with Gasteiger partial charge in [-0.05, 0) is 0 Å². The van der Waals surface area contributed by atoms with Crippen LogP contribution in [-0.4, -0.2) is 27.7 Å². The third-order valence-electron chi connectivity index (χ3n) is 2.35. The van der Waals surface area contributed by atoms with Crippen LogP contribution in [0.15, 0.2) is 6.07 Å². The number of ether oxygens (including phenoxy) is 1. The maximum atomic E-state index is 10.5. The fourth-order valence-corrected chi connectivity index (χ4v) is 1.29. The SMILES string of the molecule is CC(C)c1nc(OCC(=O)O)cc(C(C)(C)C)n1. The summed E-state index contributed by atoms with van der Waals surface area (Å²) in [6.45, 7) is 9.71. The minimum Gasteiger partial charge on any atom is -0.479 e. The van der Waals surface area contributed by atoms with Crippen LogP contribution >= 0.6 is 0 Å². The van der Waals surface area contributed by atoms with Crippen LogP contribution in [0, 0.1) is 0 Å². The Labute approximate surface area is 107 Å². The van der Waals surface area contributed by atoms with E-state index in [0.717, 1.165) is 5.69 Å². The lowest BCUT2D eigenvalue weighted by Crippen LogP contribution is -2.18. The minimum atomic E-state index is -1.02. The monoisotopic (exact) mass is 252 g/mol. The van der Waals surface area contributed by atoms with E-state index in [-0.39, 0.29) is 11.3 Å². The Morgan fingerprint density at radius 2 is 2.00 bits per heavy atom. The van der Waals surface area contributed by atoms with Crippen LogP contribution in [0.1, 0.15) is 52.1 Å². The fraction of sp³-hybridized carbons (Fsp3) is 0.615. The molecule has 0 aliphatic rings. The smallest absolute Gasteiger partial charge is 0.341 e. The van der Waals surface area contributed by atoms with Crippen molar-refractivity contribution >= 4 is 5.97 Å². The third kappa shape index (κ3) is 3.98. The van der Waals surface area contributed by atoms with E-state index in [1.54, 1.807) is 6.07 Å². The van der Waals surface area contributed by atoms with Crippen molar-refractivity contribution in [2.75, 3.05) is 6.61 Å². The molecule has 0 amide bonds. The van der Waals surface area contributed by atoms with E-state index in [0.29, 0.717) is 11.7 Å². The van der Waals surface area contributed by atoms with Gasteiger partial charge in [0.1, 0.15) is 5.82 Å². The molecular formula is C13H20N2O3. The second-order valence-electron chi connectivity index (χ2n) is 5.54. The minimum absolute atomic E-state index is 0.131. The van der Waals surface area contributed by atoms with Crippen molar-refractivity contribution in [1.82, 2.24) is 9.97 Å². The van der Waals surface area contributed by atoms with E-state index in [4.69, 9.17) is 9.84 Å². The zero-order valence-electron chi connectivity index (χ0n) is 11.5. The second-order valence-corrected chi connectivity index (χ2v) is 5.54. The van der Waals surface area contributed by atoms with Gasteiger partial charge in [-0.15, -0.1) is 0 Å². The number of carboxylic acids is 1. The fourth-order valence-electron chi connectivity index (χ4n) is 1.29. The Kier molecular flexibility index (Phi) is 4.27. The average Bonchev–Trinajstić information content (AvgIpc) is 2.24. The highest BCUT2D eigenvalue weighted by Gasteiger charge is 2.19. The van der Waals surface area contributed by atoms with Crippen LogP contribution in [0.3, 0.4) is 0 Å². The lowest BCUT2D eigenvalue weighted by atomic mass is 9.92. The van der Waals surface area contributed by atoms with E-state index >= 15 is 0 Å². The average molecular weight is 252 g/mol. The maximum absolute atomic E-state index is 10.5. The van der Waals surface area contributed by atoms with Gasteiger partial charge in [0.15, 0.2) is 6.61 Å². The summed E-state index contributed by atoms with van der Waals surface area (Å²) in [6.07, 6.45) is 0. The Bertz CT molecular complexity index is 436. The molecule has 0 radical (unpaired) electrons. The molecule has 0 bridgehead atoms. The molecule has 0 saturated heterocycles. The highest BCUT2D eigenvalue weighted by atomic mass is 16.5. The van der Waals surface area contributed by atoms with Crippen LogP contribution in [0.2, 0.25) is 0 Å². The van der Waals surface area contributed by atoms with Gasteiger partial charge >= 0.3 is 5.97 Å². The van der Waals surface area contributed by atoms with Gasteiger partial charge in [-0.2, -0.15) is 4.98 Å². The first kappa shape index (κ1) is 14.4. The van der Waals surface area contributed by atoms with Gasteiger partial charge < -0.3 is 9.84 Å². The summed E-state index contributed by atoms with van der Waals surface area (Å²) in [5.74, 6) is 0.139. The molecule has 5 nitrogen and oxygen atoms in total. The van der Waals surface area contributed by atoms with E-state index < -0.39 is 12.6 Å². The van der Waals surface area contributed by atoms with Gasteiger partial charge in [-0.25, -0.2) is 9.78 Å². The summed E-state index contributed by atoms with van der Waals surface area (Å²) in [6, 6.07) is 1.70. The lowest BCUT2D eigenvalue weighted by molar-refractivity contribution is -0.139. The summed E-state index contributed by atoms with van der Waals surface area (Å²) < 4.78 is 5.14. The van der Waals surface area contributed by atoms with Gasteiger partial charge in [0.05, 0.1) is 5.69 Å². The normalized spacial score (nSPS) is 11.7. The molecule has 1 heterocycles. The van der Waals surface area contributed by atoms with Gasteiger partial charge in [-0.1, -0.05) is 34.6 Å². The first-order chi connectivity index (χ1) is 8.20. The zero-order chi connectivity index (χ0) is 13.9. The molecule has 0 atom stereocenters. The van der Waals surface area contributed by atoms with Crippen LogP contribution in [0.4, 0.5) is 0 Å². The Morgan fingerprint density at radius 1 is 1.39 bits per heavy atom. The summed E-state index contributed by atoms with van der Waals surface area (Å²) >= 11 is 0. The molecule has 0 aliphatic heterocycles. The lowest BCUT2D eigenvalue weighted by Gasteiger charge is -2.20. The van der Waals surface area contributed by atoms with Gasteiger partial charge in [-0.3, -0.25) is 0 Å². The predicted molar refractivity (Wildman–Crippen MR) is 68.0 cm³/mol. The van der Waals surface area contributed by atoms with Crippen LogP contribution in [-0.2, 0) is 10.2 Å². The standard InChI is InChI=1S/C13H20N2O3/c1-8(2)12-14-9(13(3,4)5)6-10(15-12)18-7-11(16)17/h6,8H,7H2,1-5H3,(H,16,17). The maximum Gasteiger partial charge on any atom is 0.341 e. The molecule has 100 valence electrons. The second kappa shape index (κ2) is 5.33. The molecule has 0 aliphatic carbocycles. The number of rotatable bonds is 4. The molecule has 1 N–H and O–H groups in total. The predicted octanol–water partition coefficient (Wildman–Crippen LogP) is 2.36. The zero-order valence-corrected chi connectivity index (χ0v) is 11.5. The summed E-state index contributed by atoms with van der Waals surface area (Å²) in [5.41, 5.74) is 0.718. The van der Waals surface area contributed by atoms with E-state index in [1.807, 2.05) is 34.6 Å². The molecule has 1 rings (SSSR count). The highest BCUT2D eigenvalue weighted by molar-refractivity contribution is 5.68. The van der Waals surface area contributed by atoms with Gasteiger partial charge in [0.25, 0.3) is 0 Å². The molecule has 0 fully saturated rings. The largest absolute Gasteiger partial charge is 0.479 e. The highest BCUT2D eigenvalue weighted by Crippen LogP contribution is 2.25. The van der Waals surface area contributed by atoms with E-state index in [2.05, 4.69) is 9.97 Å². The van der Waals surface area contributed by atoms with Gasteiger partial charge in [0.2, 0.25) is 5.88 Å². The number of hydrogen-bond donors (Lipinski definition) is 1. The number of carboxylic acid groups (broad SMARTS) is 1. The topological polar surface area (TPSA) is 72.3 Å². The van der Waals surface area contributed by atoms with Gasteiger partial charge in [0, 0.05) is 17.4 Å². The van der Waals surface area contributed by atoms with E-state index in [1.165, 1.54) is 0 Å². The number of aromatic nitrogens is 2. The molecule has 1 aromatic rings. The van der Waals surface area contributed by atoms with Crippen molar-refractivity contribution in [3.05, 3.63) is 17.6 Å². The molecule has 18 heavy (non-hydrogen) atoms.